The van der Waals surface area contributed by atoms with E-state index in [0.717, 1.165) is 31.5 Å². The van der Waals surface area contributed by atoms with Crippen LogP contribution in [-0.4, -0.2) is 26.3 Å². The Morgan fingerprint density at radius 1 is 1.20 bits per heavy atom. The fraction of sp³-hybridized carbons (Fsp3) is 0.0909. The lowest BCUT2D eigenvalue weighted by molar-refractivity contribution is 0.475. The van der Waals surface area contributed by atoms with E-state index in [1.165, 1.54) is 0 Å². The number of phenolic OH excluding ortho intramolecular Hbond substituents is 1. The summed E-state index contributed by atoms with van der Waals surface area (Å²) in [6, 6.07) is 13.0. The zero-order chi connectivity index (χ0) is 21.1. The number of rotatable bonds is 5. The Morgan fingerprint density at radius 2 is 2.07 bits per heavy atom. The molecule has 0 saturated carbocycles. The molecular formula is C22H17N5OS2. The molecule has 0 amide bonds. The molecule has 1 aromatic carbocycles. The van der Waals surface area contributed by atoms with Gasteiger partial charge in [-0.25, -0.2) is 9.97 Å². The first-order valence-electron chi connectivity index (χ1n) is 9.02. The van der Waals surface area contributed by atoms with E-state index in [4.69, 9.17) is 4.98 Å². The molecular weight excluding hydrogens is 414 g/mol. The molecule has 0 aliphatic carbocycles. The first-order valence-corrected chi connectivity index (χ1v) is 11.1. The van der Waals surface area contributed by atoms with Crippen LogP contribution in [0.4, 0.5) is 11.6 Å². The minimum Gasteiger partial charge on any atom is -0.508 e. The van der Waals surface area contributed by atoms with Crippen LogP contribution in [0.5, 0.6) is 5.75 Å². The molecule has 0 spiro atoms. The smallest absolute Gasteiger partial charge is 0.227 e. The fourth-order valence-corrected chi connectivity index (χ4v) is 5.05. The summed E-state index contributed by atoms with van der Waals surface area (Å²) in [6.45, 7) is 1.95. The van der Waals surface area contributed by atoms with Crippen molar-refractivity contribution < 1.29 is 5.11 Å². The zero-order valence-electron chi connectivity index (χ0n) is 16.2. The standard InChI is InChI=1S/C22H17N5OS2/c1-13-11-25-22(26-15-6-3-7-16(28)9-15)27-19(13)20-18(14-5-4-8-24-12-14)17(10-23)21(29-2)30-20/h3-9,11-12,28H,1-2H3,(H,25,26,27). The van der Waals surface area contributed by atoms with E-state index in [9.17, 15) is 10.4 Å². The predicted octanol–water partition coefficient (Wildman–Crippen LogP) is 5.62. The van der Waals surface area contributed by atoms with Gasteiger partial charge in [0.05, 0.1) is 20.3 Å². The zero-order valence-corrected chi connectivity index (χ0v) is 17.9. The number of thioether (sulfide) groups is 1. The van der Waals surface area contributed by atoms with Crippen molar-refractivity contribution in [1.82, 2.24) is 15.0 Å². The SMILES string of the molecule is CSc1sc(-c2nc(Nc3cccc(O)c3)ncc2C)c(-c2cccnc2)c1C#N. The minimum absolute atomic E-state index is 0.160. The monoisotopic (exact) mass is 431 g/mol. The normalized spacial score (nSPS) is 10.6. The molecule has 0 unspecified atom stereocenters. The van der Waals surface area contributed by atoms with Gasteiger partial charge in [0.25, 0.3) is 0 Å². The first-order chi connectivity index (χ1) is 14.6. The molecule has 0 saturated heterocycles. The molecule has 30 heavy (non-hydrogen) atoms. The molecule has 4 rings (SSSR count). The van der Waals surface area contributed by atoms with Crippen LogP contribution < -0.4 is 5.32 Å². The predicted molar refractivity (Wildman–Crippen MR) is 121 cm³/mol. The molecule has 8 heteroatoms. The number of anilines is 2. The number of phenols is 1. The van der Waals surface area contributed by atoms with Gasteiger partial charge in [-0.15, -0.1) is 23.1 Å². The fourth-order valence-electron chi connectivity index (χ4n) is 3.05. The number of pyridine rings is 1. The minimum atomic E-state index is 0.160. The van der Waals surface area contributed by atoms with E-state index in [1.54, 1.807) is 59.9 Å². The molecule has 0 aliphatic rings. The molecule has 3 heterocycles. The van der Waals surface area contributed by atoms with Gasteiger partial charge in [-0.1, -0.05) is 12.1 Å². The summed E-state index contributed by atoms with van der Waals surface area (Å²) in [5, 5.41) is 22.7. The average molecular weight is 432 g/mol. The van der Waals surface area contributed by atoms with Gasteiger partial charge in [-0.05, 0) is 36.9 Å². The topological polar surface area (TPSA) is 94.7 Å². The maximum absolute atomic E-state index is 9.85. The molecule has 0 radical (unpaired) electrons. The Hall–Kier alpha value is -3.41. The molecule has 2 N–H and O–H groups in total. The second-order valence-electron chi connectivity index (χ2n) is 6.43. The molecule has 0 aliphatic heterocycles. The van der Waals surface area contributed by atoms with Crippen molar-refractivity contribution in [2.75, 3.05) is 11.6 Å². The van der Waals surface area contributed by atoms with Gasteiger partial charge < -0.3 is 10.4 Å². The van der Waals surface area contributed by atoms with E-state index in [1.807, 2.05) is 31.4 Å². The van der Waals surface area contributed by atoms with Gasteiger partial charge in [-0.2, -0.15) is 5.26 Å². The Morgan fingerprint density at radius 3 is 2.77 bits per heavy atom. The largest absolute Gasteiger partial charge is 0.508 e. The summed E-state index contributed by atoms with van der Waals surface area (Å²) >= 11 is 3.09. The number of aryl methyl sites for hydroxylation is 1. The Bertz CT molecular complexity index is 1250. The van der Waals surface area contributed by atoms with Crippen LogP contribution in [0.15, 0.2) is 59.2 Å². The third kappa shape index (κ3) is 3.85. The number of thiophene rings is 1. The van der Waals surface area contributed by atoms with Crippen LogP contribution in [0, 0.1) is 18.3 Å². The number of aromatic nitrogens is 3. The number of nitrogens with zero attached hydrogens (tertiary/aromatic N) is 4. The van der Waals surface area contributed by atoms with Crippen molar-refractivity contribution in [2.24, 2.45) is 0 Å². The maximum atomic E-state index is 9.85. The van der Waals surface area contributed by atoms with Gasteiger partial charge in [0, 0.05) is 41.5 Å². The Labute approximate surface area is 182 Å². The molecule has 6 nitrogen and oxygen atoms in total. The summed E-state index contributed by atoms with van der Waals surface area (Å²) in [5.41, 5.74) is 4.70. The lowest BCUT2D eigenvalue weighted by Gasteiger charge is -2.10. The summed E-state index contributed by atoms with van der Waals surface area (Å²) in [4.78, 5) is 14.3. The third-order valence-corrected chi connectivity index (χ3v) is 6.73. The number of benzene rings is 1. The van der Waals surface area contributed by atoms with E-state index >= 15 is 0 Å². The third-order valence-electron chi connectivity index (χ3n) is 4.41. The summed E-state index contributed by atoms with van der Waals surface area (Å²) in [6.07, 6.45) is 7.19. The van der Waals surface area contributed by atoms with Crippen molar-refractivity contribution in [1.29, 1.82) is 5.26 Å². The summed E-state index contributed by atoms with van der Waals surface area (Å²) in [7, 11) is 0. The number of nitrogens with one attached hydrogen (secondary N) is 1. The molecule has 0 bridgehead atoms. The van der Waals surface area contributed by atoms with Crippen LogP contribution in [0.1, 0.15) is 11.1 Å². The van der Waals surface area contributed by atoms with Crippen LogP contribution in [-0.2, 0) is 0 Å². The van der Waals surface area contributed by atoms with Crippen molar-refractivity contribution >= 4 is 34.7 Å². The van der Waals surface area contributed by atoms with Crippen molar-refractivity contribution in [3.63, 3.8) is 0 Å². The molecule has 148 valence electrons. The highest BCUT2D eigenvalue weighted by atomic mass is 32.2. The number of nitriles is 1. The number of hydrogen-bond donors (Lipinski definition) is 2. The molecule has 0 fully saturated rings. The second-order valence-corrected chi connectivity index (χ2v) is 8.52. The highest BCUT2D eigenvalue weighted by Crippen LogP contribution is 2.46. The van der Waals surface area contributed by atoms with Gasteiger partial charge in [-0.3, -0.25) is 4.98 Å². The molecule has 0 atom stereocenters. The Balaban J connectivity index is 1.86. The lowest BCUT2D eigenvalue weighted by Crippen LogP contribution is -2.00. The van der Waals surface area contributed by atoms with Crippen LogP contribution >= 0.6 is 23.1 Å². The van der Waals surface area contributed by atoms with Crippen LogP contribution in [0.2, 0.25) is 0 Å². The molecule has 3 aromatic heterocycles. The van der Waals surface area contributed by atoms with Crippen LogP contribution in [0.25, 0.3) is 21.7 Å². The highest BCUT2D eigenvalue weighted by molar-refractivity contribution is 8.00. The van der Waals surface area contributed by atoms with E-state index < -0.39 is 0 Å². The van der Waals surface area contributed by atoms with Gasteiger partial charge >= 0.3 is 0 Å². The average Bonchev–Trinajstić information content (AvgIpc) is 3.14. The maximum Gasteiger partial charge on any atom is 0.227 e. The van der Waals surface area contributed by atoms with Gasteiger partial charge in [0.2, 0.25) is 5.95 Å². The second kappa shape index (κ2) is 8.53. The van der Waals surface area contributed by atoms with Crippen molar-refractivity contribution in [3.8, 4) is 33.5 Å². The molecule has 4 aromatic rings. The number of aromatic hydroxyl groups is 1. The van der Waals surface area contributed by atoms with Crippen molar-refractivity contribution in [3.05, 3.63) is 66.1 Å². The quantitative estimate of drug-likeness (QED) is 0.396. The highest BCUT2D eigenvalue weighted by Gasteiger charge is 2.23. The lowest BCUT2D eigenvalue weighted by atomic mass is 10.0. The van der Waals surface area contributed by atoms with E-state index in [-0.39, 0.29) is 5.75 Å². The van der Waals surface area contributed by atoms with Crippen molar-refractivity contribution in [2.45, 2.75) is 11.1 Å². The summed E-state index contributed by atoms with van der Waals surface area (Å²) in [5.74, 6) is 0.573. The van der Waals surface area contributed by atoms with Crippen LogP contribution in [0.3, 0.4) is 0 Å². The summed E-state index contributed by atoms with van der Waals surface area (Å²) < 4.78 is 0.937. The van der Waals surface area contributed by atoms with Gasteiger partial charge in [0.1, 0.15) is 11.8 Å². The first kappa shape index (κ1) is 19.9. The Kier molecular flexibility index (Phi) is 5.65. The van der Waals surface area contributed by atoms with Gasteiger partial charge in [0.15, 0.2) is 0 Å². The number of hydrogen-bond acceptors (Lipinski definition) is 8. The van der Waals surface area contributed by atoms with E-state index in [2.05, 4.69) is 21.4 Å². The van der Waals surface area contributed by atoms with E-state index in [0.29, 0.717) is 17.2 Å².